The zero-order chi connectivity index (χ0) is 11.4. The lowest BCUT2D eigenvalue weighted by Crippen LogP contribution is -2.07. The van der Waals surface area contributed by atoms with Crippen LogP contribution in [0.3, 0.4) is 0 Å². The molecule has 0 aliphatic heterocycles. The third kappa shape index (κ3) is 2.53. The van der Waals surface area contributed by atoms with E-state index in [0.29, 0.717) is 5.69 Å². The predicted molar refractivity (Wildman–Crippen MR) is 64.3 cm³/mol. The second-order valence-corrected chi connectivity index (χ2v) is 3.69. The van der Waals surface area contributed by atoms with Crippen LogP contribution >= 0.6 is 0 Å². The average Bonchev–Trinajstić information content (AvgIpc) is 2.74. The van der Waals surface area contributed by atoms with Gasteiger partial charge in [0, 0.05) is 13.0 Å². The van der Waals surface area contributed by atoms with Crippen LogP contribution in [-0.4, -0.2) is 11.5 Å². The molecule has 16 heavy (non-hydrogen) atoms. The summed E-state index contributed by atoms with van der Waals surface area (Å²) in [4.78, 5) is 4.23. The van der Waals surface area contributed by atoms with Crippen LogP contribution in [0.5, 0.6) is 0 Å². The van der Waals surface area contributed by atoms with Gasteiger partial charge in [-0.05, 0) is 30.7 Å². The van der Waals surface area contributed by atoms with Crippen molar-refractivity contribution in [3.63, 3.8) is 0 Å². The molecule has 0 spiro atoms. The molecule has 0 radical (unpaired) electrons. The number of aryl methyl sites for hydroxylation is 1. The maximum Gasteiger partial charge on any atom is 0.129 e. The van der Waals surface area contributed by atoms with Crippen LogP contribution in [0.4, 0.5) is 11.5 Å². The number of aromatic nitrogens is 1. The van der Waals surface area contributed by atoms with Gasteiger partial charge in [-0.15, -0.1) is 0 Å². The topological polar surface area (TPSA) is 64.1 Å². The highest BCUT2D eigenvalue weighted by atomic mass is 16.3. The molecule has 0 fully saturated rings. The maximum absolute atomic E-state index is 5.63. The normalized spacial score (nSPS) is 10.3. The number of hydrogen-bond donors (Lipinski definition) is 2. The van der Waals surface area contributed by atoms with E-state index in [-0.39, 0.29) is 0 Å². The molecule has 2 aromatic rings. The molecule has 0 aliphatic carbocycles. The Hall–Kier alpha value is -1.97. The molecule has 0 unspecified atom stereocenters. The first kappa shape index (κ1) is 10.5. The molecule has 0 aromatic carbocycles. The number of nitrogens with two attached hydrogens (primary N) is 1. The van der Waals surface area contributed by atoms with Gasteiger partial charge in [0.2, 0.25) is 0 Å². The van der Waals surface area contributed by atoms with Gasteiger partial charge in [-0.1, -0.05) is 0 Å². The van der Waals surface area contributed by atoms with Crippen LogP contribution in [-0.2, 0) is 6.42 Å². The standard InChI is InChI=1S/C12H15N3O/c1-9-7-10(13)8-15-12(9)14-5-4-11-3-2-6-16-11/h2-3,6-8H,4-5,13H2,1H3,(H,14,15). The fraction of sp³-hybridized carbons (Fsp3) is 0.250. The number of nitrogen functional groups attached to an aromatic ring is 1. The minimum Gasteiger partial charge on any atom is -0.469 e. The first-order valence-electron chi connectivity index (χ1n) is 5.24. The lowest BCUT2D eigenvalue weighted by Gasteiger charge is -2.07. The Bertz CT molecular complexity index is 451. The fourth-order valence-electron chi connectivity index (χ4n) is 1.54. The minimum atomic E-state index is 0.689. The number of rotatable bonds is 4. The van der Waals surface area contributed by atoms with E-state index in [0.717, 1.165) is 30.1 Å². The van der Waals surface area contributed by atoms with E-state index < -0.39 is 0 Å². The maximum atomic E-state index is 5.63. The SMILES string of the molecule is Cc1cc(N)cnc1NCCc1ccco1. The summed E-state index contributed by atoms with van der Waals surface area (Å²) >= 11 is 0. The Morgan fingerprint density at radius 3 is 3.06 bits per heavy atom. The molecule has 84 valence electrons. The van der Waals surface area contributed by atoms with Gasteiger partial charge in [-0.2, -0.15) is 0 Å². The molecule has 3 N–H and O–H groups in total. The van der Waals surface area contributed by atoms with Gasteiger partial charge >= 0.3 is 0 Å². The van der Waals surface area contributed by atoms with Crippen molar-refractivity contribution in [1.82, 2.24) is 4.98 Å². The van der Waals surface area contributed by atoms with Crippen molar-refractivity contribution >= 4 is 11.5 Å². The van der Waals surface area contributed by atoms with E-state index in [1.165, 1.54) is 0 Å². The average molecular weight is 217 g/mol. The number of nitrogens with zero attached hydrogens (tertiary/aromatic N) is 1. The summed E-state index contributed by atoms with van der Waals surface area (Å²) in [5.74, 6) is 1.85. The van der Waals surface area contributed by atoms with Gasteiger partial charge in [0.25, 0.3) is 0 Å². The quantitative estimate of drug-likeness (QED) is 0.824. The lowest BCUT2D eigenvalue weighted by atomic mass is 10.2. The summed E-state index contributed by atoms with van der Waals surface area (Å²) in [6.45, 7) is 2.78. The Kier molecular flexibility index (Phi) is 3.10. The van der Waals surface area contributed by atoms with E-state index in [2.05, 4.69) is 10.3 Å². The summed E-state index contributed by atoms with van der Waals surface area (Å²) in [6, 6.07) is 5.76. The molecule has 2 aromatic heterocycles. The molecule has 0 aliphatic rings. The molecular weight excluding hydrogens is 202 g/mol. The Balaban J connectivity index is 1.90. The van der Waals surface area contributed by atoms with Crippen LogP contribution < -0.4 is 11.1 Å². The second kappa shape index (κ2) is 4.70. The number of nitrogens with one attached hydrogen (secondary N) is 1. The van der Waals surface area contributed by atoms with Gasteiger partial charge in [0.15, 0.2) is 0 Å². The van der Waals surface area contributed by atoms with Gasteiger partial charge in [0.05, 0.1) is 18.1 Å². The summed E-state index contributed by atoms with van der Waals surface area (Å²) in [5.41, 5.74) is 7.37. The van der Waals surface area contributed by atoms with Crippen LogP contribution in [0.25, 0.3) is 0 Å². The molecule has 0 bridgehead atoms. The van der Waals surface area contributed by atoms with Crippen molar-refractivity contribution < 1.29 is 4.42 Å². The van der Waals surface area contributed by atoms with E-state index in [1.807, 2.05) is 25.1 Å². The number of hydrogen-bond acceptors (Lipinski definition) is 4. The van der Waals surface area contributed by atoms with E-state index in [4.69, 9.17) is 10.2 Å². The van der Waals surface area contributed by atoms with Crippen LogP contribution in [0.2, 0.25) is 0 Å². The third-order valence-electron chi connectivity index (χ3n) is 2.34. The minimum absolute atomic E-state index is 0.689. The van der Waals surface area contributed by atoms with Crippen molar-refractivity contribution in [2.75, 3.05) is 17.6 Å². The molecule has 2 rings (SSSR count). The monoisotopic (exact) mass is 217 g/mol. The fourth-order valence-corrected chi connectivity index (χ4v) is 1.54. The highest BCUT2D eigenvalue weighted by Gasteiger charge is 2.00. The summed E-state index contributed by atoms with van der Waals surface area (Å²) in [5, 5.41) is 3.25. The van der Waals surface area contributed by atoms with Crippen molar-refractivity contribution in [2.24, 2.45) is 0 Å². The van der Waals surface area contributed by atoms with Gasteiger partial charge in [-0.25, -0.2) is 4.98 Å². The molecule has 0 amide bonds. The lowest BCUT2D eigenvalue weighted by molar-refractivity contribution is 0.513. The highest BCUT2D eigenvalue weighted by Crippen LogP contribution is 2.13. The predicted octanol–water partition coefficient (Wildman–Crippen LogP) is 2.22. The van der Waals surface area contributed by atoms with E-state index in [1.54, 1.807) is 12.5 Å². The zero-order valence-corrected chi connectivity index (χ0v) is 9.23. The van der Waals surface area contributed by atoms with E-state index >= 15 is 0 Å². The third-order valence-corrected chi connectivity index (χ3v) is 2.34. The molecule has 0 saturated carbocycles. The van der Waals surface area contributed by atoms with Crippen molar-refractivity contribution in [2.45, 2.75) is 13.3 Å². The van der Waals surface area contributed by atoms with Crippen molar-refractivity contribution in [3.05, 3.63) is 42.0 Å². The van der Waals surface area contributed by atoms with Crippen molar-refractivity contribution in [3.8, 4) is 0 Å². The smallest absolute Gasteiger partial charge is 0.129 e. The first-order valence-corrected chi connectivity index (χ1v) is 5.24. The summed E-state index contributed by atoms with van der Waals surface area (Å²) in [7, 11) is 0. The van der Waals surface area contributed by atoms with Gasteiger partial charge in [-0.3, -0.25) is 0 Å². The Morgan fingerprint density at radius 2 is 2.38 bits per heavy atom. The largest absolute Gasteiger partial charge is 0.469 e. The van der Waals surface area contributed by atoms with Crippen molar-refractivity contribution in [1.29, 1.82) is 0 Å². The Labute approximate surface area is 94.5 Å². The number of furan rings is 1. The molecule has 0 atom stereocenters. The number of anilines is 2. The Morgan fingerprint density at radius 1 is 1.50 bits per heavy atom. The number of pyridine rings is 1. The highest BCUT2D eigenvalue weighted by molar-refractivity contribution is 5.50. The molecular formula is C12H15N3O. The van der Waals surface area contributed by atoms with Crippen LogP contribution in [0, 0.1) is 6.92 Å². The molecule has 4 heteroatoms. The van der Waals surface area contributed by atoms with Gasteiger partial charge in [0.1, 0.15) is 11.6 Å². The van der Waals surface area contributed by atoms with Gasteiger partial charge < -0.3 is 15.5 Å². The molecule has 4 nitrogen and oxygen atoms in total. The zero-order valence-electron chi connectivity index (χ0n) is 9.23. The summed E-state index contributed by atoms with van der Waals surface area (Å²) < 4.78 is 5.24. The van der Waals surface area contributed by atoms with Crippen LogP contribution in [0.1, 0.15) is 11.3 Å². The first-order chi connectivity index (χ1) is 7.75. The summed E-state index contributed by atoms with van der Waals surface area (Å²) in [6.07, 6.45) is 4.18. The van der Waals surface area contributed by atoms with E-state index in [9.17, 15) is 0 Å². The molecule has 0 saturated heterocycles. The second-order valence-electron chi connectivity index (χ2n) is 3.69. The molecule has 2 heterocycles. The van der Waals surface area contributed by atoms with Crippen LogP contribution in [0.15, 0.2) is 35.1 Å².